The number of nitrogens with zero attached hydrogens (tertiary/aromatic N) is 4. The second-order valence-electron chi connectivity index (χ2n) is 10.6. The van der Waals surface area contributed by atoms with Gasteiger partial charge in [0.15, 0.2) is 0 Å². The fourth-order valence-electron chi connectivity index (χ4n) is 5.31. The molecule has 0 aliphatic carbocycles. The number of aromatic nitrogens is 4. The Hall–Kier alpha value is -3.94. The van der Waals surface area contributed by atoms with Crippen LogP contribution < -0.4 is 9.97 Å². The van der Waals surface area contributed by atoms with Crippen molar-refractivity contribution >= 4 is 56.3 Å². The normalized spacial score (nSPS) is 13.0. The van der Waals surface area contributed by atoms with Crippen molar-refractivity contribution in [3.63, 3.8) is 0 Å². The van der Waals surface area contributed by atoms with Crippen LogP contribution in [0.2, 0.25) is 0 Å². The summed E-state index contributed by atoms with van der Waals surface area (Å²) in [6.45, 7) is 12.1. The zero-order valence-corrected chi connectivity index (χ0v) is 25.1. The number of hydrogen-bond donors (Lipinski definition) is 2. The molecule has 0 saturated heterocycles. The molecule has 2 N–H and O–H groups in total. The van der Waals surface area contributed by atoms with Crippen LogP contribution in [-0.2, 0) is 33.1 Å². The van der Waals surface area contributed by atoms with E-state index in [-0.39, 0.29) is 29.9 Å². The molecule has 2 aliphatic heterocycles. The minimum absolute atomic E-state index is 0. The van der Waals surface area contributed by atoms with Crippen molar-refractivity contribution in [1.82, 2.24) is 19.9 Å². The van der Waals surface area contributed by atoms with Gasteiger partial charge >= 0.3 is 29.0 Å². The Labute approximate surface area is 249 Å². The van der Waals surface area contributed by atoms with Crippen LogP contribution in [0.25, 0.3) is 44.4 Å². The first-order valence-corrected chi connectivity index (χ1v) is 13.4. The molecule has 0 saturated carbocycles. The number of rotatable bonds is 6. The quantitative estimate of drug-likeness (QED) is 0.321. The van der Waals surface area contributed by atoms with E-state index >= 15 is 0 Å². The summed E-state index contributed by atoms with van der Waals surface area (Å²) < 4.78 is 0. The van der Waals surface area contributed by atoms with Crippen molar-refractivity contribution in [3.05, 3.63) is 69.3 Å². The molecule has 8 bridgehead atoms. The summed E-state index contributed by atoms with van der Waals surface area (Å²) in [5.41, 5.74) is 13.8. The van der Waals surface area contributed by atoms with Gasteiger partial charge in [-0.3, -0.25) is 9.59 Å². The van der Waals surface area contributed by atoms with Crippen molar-refractivity contribution in [2.24, 2.45) is 0 Å². The van der Waals surface area contributed by atoms with Gasteiger partial charge in [0.1, 0.15) is 0 Å². The van der Waals surface area contributed by atoms with Gasteiger partial charge in [0.25, 0.3) is 0 Å². The molecule has 2 aliphatic rings. The van der Waals surface area contributed by atoms with Gasteiger partial charge in [0.05, 0.1) is 22.8 Å². The number of aryl methyl sites for hydroxylation is 4. The summed E-state index contributed by atoms with van der Waals surface area (Å²) in [4.78, 5) is 42.7. The van der Waals surface area contributed by atoms with Gasteiger partial charge in [-0.25, -0.2) is 9.97 Å². The maximum absolute atomic E-state index is 11.5. The standard InChI is InChI=1S/C32H34N4O4.Fe/c1-15-17(3)25-12-27-19(5)21(7-9-31(37)38)29(35-27)14-30-22(8-10-32(39)40)20(6)28(36-30)13-26-18(4)16(2)24(34-26)11-23(15)33-25;/h11-14H,7-10H2,1-6H3,(H4,33,34,35,36,37,38,39,40);/q;+3/p-2. The number of carboxylic acid groups (broad SMARTS) is 2. The fourth-order valence-corrected chi connectivity index (χ4v) is 5.31. The molecule has 0 unspecified atom stereocenters. The average Bonchev–Trinajstić information content (AvgIpc) is 3.53. The Morgan fingerprint density at radius 3 is 1.56 bits per heavy atom. The van der Waals surface area contributed by atoms with Crippen LogP contribution in [0.4, 0.5) is 0 Å². The third-order valence-corrected chi connectivity index (χ3v) is 8.19. The first-order valence-electron chi connectivity index (χ1n) is 13.4. The number of hydrogen-bond acceptors (Lipinski definition) is 4. The Kier molecular flexibility index (Phi) is 8.43. The second kappa shape index (κ2) is 11.5. The first kappa shape index (κ1) is 30.0. The van der Waals surface area contributed by atoms with Gasteiger partial charge < -0.3 is 20.2 Å². The molecule has 9 heteroatoms. The van der Waals surface area contributed by atoms with Crippen molar-refractivity contribution in [2.45, 2.75) is 67.2 Å². The summed E-state index contributed by atoms with van der Waals surface area (Å²) in [5.74, 6) is -1.76. The monoisotopic (exact) mass is 592 g/mol. The summed E-state index contributed by atoms with van der Waals surface area (Å²) in [7, 11) is 0. The fraction of sp³-hybridized carbons (Fsp3) is 0.312. The third kappa shape index (κ3) is 5.65. The zero-order chi connectivity index (χ0) is 28.9. The summed E-state index contributed by atoms with van der Waals surface area (Å²) in [6.07, 6.45) is 0.586. The molecule has 0 spiro atoms. The van der Waals surface area contributed by atoms with Gasteiger partial charge in [0, 0.05) is 12.8 Å². The summed E-state index contributed by atoms with van der Waals surface area (Å²) in [5, 5.41) is 18.8. The summed E-state index contributed by atoms with van der Waals surface area (Å²) >= 11 is 0. The molecular weight excluding hydrogens is 560 g/mol. The van der Waals surface area contributed by atoms with E-state index in [1.165, 1.54) is 0 Å². The van der Waals surface area contributed by atoms with Gasteiger partial charge in [-0.05, 0) is 76.7 Å². The second-order valence-corrected chi connectivity index (χ2v) is 10.6. The number of aliphatic carboxylic acids is 2. The Bertz CT molecular complexity index is 1820. The molecule has 3 aromatic rings. The minimum Gasteiger partial charge on any atom is -0.657 e. The van der Waals surface area contributed by atoms with Crippen LogP contribution in [0.1, 0.15) is 85.1 Å². The van der Waals surface area contributed by atoms with Gasteiger partial charge in [-0.2, -0.15) is 0 Å². The number of carbonyl (C=O) groups is 2. The molecule has 0 amide bonds. The van der Waals surface area contributed by atoms with Crippen molar-refractivity contribution < 1.29 is 36.9 Å². The maximum Gasteiger partial charge on any atom is 3.00 e. The van der Waals surface area contributed by atoms with Crippen LogP contribution in [0.15, 0.2) is 24.3 Å². The zero-order valence-electron chi connectivity index (χ0n) is 24.0. The number of fused-ring (bicyclic) bond motifs is 8. The van der Waals surface area contributed by atoms with E-state index in [2.05, 4.69) is 13.8 Å². The number of allylic oxidation sites excluding steroid dienone is 4. The van der Waals surface area contributed by atoms with Gasteiger partial charge in [-0.15, -0.1) is 22.1 Å². The predicted molar refractivity (Wildman–Crippen MR) is 157 cm³/mol. The Balaban J connectivity index is 0.00000387. The van der Waals surface area contributed by atoms with Crippen LogP contribution in [0.5, 0.6) is 0 Å². The minimum atomic E-state index is -0.881. The molecule has 0 atom stereocenters. The third-order valence-electron chi connectivity index (χ3n) is 8.19. The van der Waals surface area contributed by atoms with Crippen molar-refractivity contribution in [1.29, 1.82) is 0 Å². The largest absolute Gasteiger partial charge is 3.00 e. The molecular formula is C32H32FeN4O4+. The molecule has 1 radical (unpaired) electrons. The van der Waals surface area contributed by atoms with Crippen LogP contribution in [-0.4, -0.2) is 32.1 Å². The van der Waals surface area contributed by atoms with Crippen molar-refractivity contribution in [3.8, 4) is 0 Å². The van der Waals surface area contributed by atoms with E-state index in [9.17, 15) is 19.8 Å². The van der Waals surface area contributed by atoms with E-state index in [4.69, 9.17) is 19.9 Å². The molecule has 0 fully saturated rings. The van der Waals surface area contributed by atoms with Gasteiger partial charge in [0.2, 0.25) is 0 Å². The van der Waals surface area contributed by atoms with Crippen molar-refractivity contribution in [2.75, 3.05) is 0 Å². The molecule has 8 nitrogen and oxygen atoms in total. The molecule has 0 aromatic carbocycles. The topological polar surface area (TPSA) is 129 Å². The van der Waals surface area contributed by atoms with E-state index in [1.807, 2.05) is 52.0 Å². The molecule has 5 rings (SSSR count). The van der Waals surface area contributed by atoms with Crippen LogP contribution in [0.3, 0.4) is 0 Å². The Morgan fingerprint density at radius 1 is 0.610 bits per heavy atom. The van der Waals surface area contributed by atoms with Crippen LogP contribution in [0, 0.1) is 20.8 Å². The summed E-state index contributed by atoms with van der Waals surface area (Å²) in [6, 6.07) is 7.80. The van der Waals surface area contributed by atoms with E-state index in [0.29, 0.717) is 24.1 Å². The number of carboxylic acids is 2. The predicted octanol–water partition coefficient (Wildman–Crippen LogP) is 6.26. The smallest absolute Gasteiger partial charge is 0.657 e. The maximum atomic E-state index is 11.5. The van der Waals surface area contributed by atoms with E-state index < -0.39 is 11.9 Å². The van der Waals surface area contributed by atoms with Crippen LogP contribution >= 0.6 is 0 Å². The molecule has 5 heterocycles. The van der Waals surface area contributed by atoms with E-state index in [0.717, 1.165) is 78.2 Å². The van der Waals surface area contributed by atoms with Gasteiger partial charge in [-0.1, -0.05) is 46.5 Å². The molecule has 3 aromatic heterocycles. The average molecular weight is 592 g/mol. The van der Waals surface area contributed by atoms with E-state index in [1.54, 1.807) is 0 Å². The molecule has 211 valence electrons. The SMILES string of the molecule is CC1=C(C)c2cc3[n-]c(cc4nc(cc5[n-]c(cc1n2)c(C)c5C)C(C)=C4CCC(=O)O)c(CCC(=O)O)c3C.[Fe+3]. The Morgan fingerprint density at radius 2 is 1.02 bits per heavy atom. The first-order chi connectivity index (χ1) is 18.9. The molecule has 41 heavy (non-hydrogen) atoms.